The zero-order valence-electron chi connectivity index (χ0n) is 18.6. The van der Waals surface area contributed by atoms with E-state index in [-0.39, 0.29) is 30.0 Å². The average molecular weight is 460 g/mol. The van der Waals surface area contributed by atoms with Crippen molar-refractivity contribution in [3.8, 4) is 11.5 Å². The first-order valence-corrected chi connectivity index (χ1v) is 12.6. The molecule has 8 heteroatoms. The third-order valence-corrected chi connectivity index (χ3v) is 7.99. The Morgan fingerprint density at radius 2 is 1.94 bits per heavy atom. The number of nitrogens with zero attached hydrogens (tertiary/aromatic N) is 1. The molecule has 2 fully saturated rings. The molecular weight excluding hydrogens is 430 g/mol. The van der Waals surface area contributed by atoms with E-state index in [1.165, 1.54) is 6.08 Å². The minimum Gasteiger partial charge on any atom is -0.493 e. The quantitative estimate of drug-likeness (QED) is 0.560. The number of ether oxygens (including phenoxy) is 2. The highest BCUT2D eigenvalue weighted by molar-refractivity contribution is 7.91. The third kappa shape index (κ3) is 5.01. The van der Waals surface area contributed by atoms with Crippen molar-refractivity contribution >= 4 is 21.8 Å². The fraction of sp³-hybridized carbons (Fsp3) is 0.458. The van der Waals surface area contributed by atoms with Crippen molar-refractivity contribution < 1.29 is 27.1 Å². The van der Waals surface area contributed by atoms with Crippen molar-refractivity contribution in [3.05, 3.63) is 53.5 Å². The van der Waals surface area contributed by atoms with Crippen LogP contribution in [0, 0.1) is 5.92 Å². The molecule has 0 spiro atoms. The smallest absolute Gasteiger partial charge is 0.247 e. The van der Waals surface area contributed by atoms with Crippen LogP contribution in [0.4, 0.5) is 0 Å². The van der Waals surface area contributed by atoms with Gasteiger partial charge in [0.2, 0.25) is 5.91 Å². The van der Waals surface area contributed by atoms with Gasteiger partial charge in [-0.1, -0.05) is 13.0 Å². The van der Waals surface area contributed by atoms with E-state index >= 15 is 0 Å². The lowest BCUT2D eigenvalue weighted by molar-refractivity contribution is -0.128. The Hall–Kier alpha value is -2.74. The summed E-state index contributed by atoms with van der Waals surface area (Å²) in [5.41, 5.74) is 0.776. The lowest BCUT2D eigenvalue weighted by Crippen LogP contribution is -2.39. The molecule has 0 bridgehead atoms. The van der Waals surface area contributed by atoms with Crippen LogP contribution >= 0.6 is 0 Å². The first-order valence-electron chi connectivity index (χ1n) is 10.8. The number of furan rings is 1. The van der Waals surface area contributed by atoms with E-state index in [4.69, 9.17) is 13.9 Å². The largest absolute Gasteiger partial charge is 0.493 e. The summed E-state index contributed by atoms with van der Waals surface area (Å²) in [5, 5.41) is 0. The van der Waals surface area contributed by atoms with Crippen molar-refractivity contribution in [3.63, 3.8) is 0 Å². The Labute approximate surface area is 188 Å². The second kappa shape index (κ2) is 9.02. The van der Waals surface area contributed by atoms with Gasteiger partial charge in [-0.3, -0.25) is 4.79 Å². The number of methoxy groups -OCH3 is 2. The van der Waals surface area contributed by atoms with Crippen LogP contribution in [0.5, 0.6) is 11.5 Å². The van der Waals surface area contributed by atoms with Crippen LogP contribution in [0.3, 0.4) is 0 Å². The number of carbonyl (C=O) groups is 1. The minimum atomic E-state index is -3.13. The fourth-order valence-corrected chi connectivity index (χ4v) is 5.92. The molecule has 3 atom stereocenters. The van der Waals surface area contributed by atoms with Crippen LogP contribution in [-0.2, 0) is 21.2 Å². The van der Waals surface area contributed by atoms with E-state index in [1.54, 1.807) is 37.3 Å². The molecule has 1 aliphatic heterocycles. The van der Waals surface area contributed by atoms with E-state index in [9.17, 15) is 13.2 Å². The first-order chi connectivity index (χ1) is 15.3. The van der Waals surface area contributed by atoms with E-state index in [0.717, 1.165) is 17.7 Å². The molecule has 0 N–H and O–H groups in total. The summed E-state index contributed by atoms with van der Waals surface area (Å²) >= 11 is 0. The van der Waals surface area contributed by atoms with Crippen LogP contribution < -0.4 is 9.47 Å². The van der Waals surface area contributed by atoms with Gasteiger partial charge in [0.25, 0.3) is 0 Å². The van der Waals surface area contributed by atoms with Gasteiger partial charge < -0.3 is 18.8 Å². The lowest BCUT2D eigenvalue weighted by Gasteiger charge is -2.26. The van der Waals surface area contributed by atoms with Crippen molar-refractivity contribution in [1.29, 1.82) is 0 Å². The highest BCUT2D eigenvalue weighted by atomic mass is 32.2. The van der Waals surface area contributed by atoms with Gasteiger partial charge in [-0.2, -0.15) is 0 Å². The van der Waals surface area contributed by atoms with Crippen molar-refractivity contribution in [2.45, 2.75) is 38.3 Å². The number of sulfone groups is 1. The average Bonchev–Trinajstić information content (AvgIpc) is 3.16. The van der Waals surface area contributed by atoms with Crippen LogP contribution in [0.1, 0.15) is 42.8 Å². The summed E-state index contributed by atoms with van der Waals surface area (Å²) in [6.45, 7) is 2.43. The van der Waals surface area contributed by atoms with Crippen LogP contribution in [-0.4, -0.2) is 51.0 Å². The van der Waals surface area contributed by atoms with E-state index in [0.29, 0.717) is 35.5 Å². The summed E-state index contributed by atoms with van der Waals surface area (Å²) in [7, 11) is -0.0165. The molecule has 1 saturated heterocycles. The molecule has 2 heterocycles. The molecule has 32 heavy (non-hydrogen) atoms. The van der Waals surface area contributed by atoms with E-state index in [1.807, 2.05) is 18.2 Å². The van der Waals surface area contributed by atoms with Crippen LogP contribution in [0.15, 0.2) is 40.8 Å². The molecule has 1 aromatic heterocycles. The zero-order valence-corrected chi connectivity index (χ0v) is 19.4. The molecule has 0 radical (unpaired) electrons. The van der Waals surface area contributed by atoms with Gasteiger partial charge >= 0.3 is 0 Å². The summed E-state index contributed by atoms with van der Waals surface area (Å²) in [4.78, 5) is 14.8. The van der Waals surface area contributed by atoms with Crippen molar-refractivity contribution in [2.24, 2.45) is 5.92 Å². The number of amides is 1. The van der Waals surface area contributed by atoms with Crippen molar-refractivity contribution in [2.75, 3.05) is 25.7 Å². The summed E-state index contributed by atoms with van der Waals surface area (Å²) in [5.74, 6) is 3.70. The van der Waals surface area contributed by atoms with Gasteiger partial charge in [0.15, 0.2) is 21.3 Å². The molecule has 1 amide bonds. The Morgan fingerprint density at radius 1 is 1.19 bits per heavy atom. The standard InChI is InChI=1S/C24H29NO6S/c1-16-12-20(16)21-8-6-19(31-21)14-25(18-10-11-32(27,28)15-18)24(26)9-5-17-4-7-22(29-2)23(13-17)30-3/h4-9,13,16,18,20H,10-12,14-15H2,1-3H3/b9-5+. The van der Waals surface area contributed by atoms with Crippen LogP contribution in [0.2, 0.25) is 0 Å². The molecule has 4 rings (SSSR count). The predicted octanol–water partition coefficient (Wildman–Crippen LogP) is 3.65. The van der Waals surface area contributed by atoms with Gasteiger partial charge in [-0.05, 0) is 54.7 Å². The van der Waals surface area contributed by atoms with Gasteiger partial charge in [-0.25, -0.2) is 8.42 Å². The Balaban J connectivity index is 1.53. The van der Waals surface area contributed by atoms with E-state index < -0.39 is 9.84 Å². The Kier molecular flexibility index (Phi) is 6.33. The summed E-state index contributed by atoms with van der Waals surface area (Å²) in [6.07, 6.45) is 4.72. The van der Waals surface area contributed by atoms with Gasteiger partial charge in [0, 0.05) is 18.0 Å². The topological polar surface area (TPSA) is 86.0 Å². The molecule has 2 aromatic rings. The minimum absolute atomic E-state index is 0.0177. The Morgan fingerprint density at radius 3 is 2.56 bits per heavy atom. The summed E-state index contributed by atoms with van der Waals surface area (Å²) < 4.78 is 40.7. The molecule has 7 nitrogen and oxygen atoms in total. The molecule has 1 aromatic carbocycles. The number of hydrogen-bond donors (Lipinski definition) is 0. The maximum Gasteiger partial charge on any atom is 0.247 e. The number of rotatable bonds is 8. The second-order valence-corrected chi connectivity index (χ2v) is 10.8. The molecule has 1 aliphatic carbocycles. The van der Waals surface area contributed by atoms with Crippen molar-refractivity contribution in [1.82, 2.24) is 4.90 Å². The summed E-state index contributed by atoms with van der Waals surface area (Å²) in [6, 6.07) is 8.87. The number of hydrogen-bond acceptors (Lipinski definition) is 6. The normalized spacial score (nSPS) is 23.9. The zero-order chi connectivity index (χ0) is 22.9. The maximum atomic E-state index is 13.1. The molecule has 172 valence electrons. The highest BCUT2D eigenvalue weighted by Gasteiger charge is 2.37. The lowest BCUT2D eigenvalue weighted by atomic mass is 10.1. The SMILES string of the molecule is COc1ccc(/C=C/C(=O)N(Cc2ccc(C3CC3C)o2)C2CCS(=O)(=O)C2)cc1OC. The monoisotopic (exact) mass is 459 g/mol. The van der Waals surface area contributed by atoms with Gasteiger partial charge in [0.05, 0.1) is 32.3 Å². The highest BCUT2D eigenvalue weighted by Crippen LogP contribution is 2.47. The maximum absolute atomic E-state index is 13.1. The molecule has 3 unspecified atom stereocenters. The molecular formula is C24H29NO6S. The van der Waals surface area contributed by atoms with Gasteiger partial charge in [0.1, 0.15) is 11.5 Å². The number of benzene rings is 1. The fourth-order valence-electron chi connectivity index (χ4n) is 4.19. The molecule has 2 aliphatic rings. The third-order valence-electron chi connectivity index (χ3n) is 6.24. The second-order valence-electron chi connectivity index (χ2n) is 8.59. The van der Waals surface area contributed by atoms with Crippen LogP contribution in [0.25, 0.3) is 6.08 Å². The van der Waals surface area contributed by atoms with E-state index in [2.05, 4.69) is 6.92 Å². The number of carbonyl (C=O) groups excluding carboxylic acids is 1. The van der Waals surface area contributed by atoms with Gasteiger partial charge in [-0.15, -0.1) is 0 Å². The predicted molar refractivity (Wildman–Crippen MR) is 121 cm³/mol. The molecule has 1 saturated carbocycles. The first kappa shape index (κ1) is 22.5. The Bertz CT molecular complexity index is 1120.